The summed E-state index contributed by atoms with van der Waals surface area (Å²) in [6.07, 6.45) is 0.552. The van der Waals surface area contributed by atoms with Crippen LogP contribution >= 0.6 is 0 Å². The summed E-state index contributed by atoms with van der Waals surface area (Å²) in [5.41, 5.74) is 1.90. The van der Waals surface area contributed by atoms with Gasteiger partial charge in [-0.2, -0.15) is 0 Å². The van der Waals surface area contributed by atoms with E-state index in [9.17, 15) is 9.59 Å². The molecule has 0 bridgehead atoms. The molecule has 32 heavy (non-hydrogen) atoms. The Morgan fingerprint density at radius 2 is 1.41 bits per heavy atom. The topological polar surface area (TPSA) is 73.9 Å². The lowest BCUT2D eigenvalue weighted by atomic mass is 9.79. The molecule has 0 saturated carbocycles. The van der Waals surface area contributed by atoms with Gasteiger partial charge in [-0.1, -0.05) is 37.3 Å². The monoisotopic (exact) mass is 441 g/mol. The molecule has 4 atom stereocenters. The van der Waals surface area contributed by atoms with Crippen molar-refractivity contribution in [3.8, 4) is 5.75 Å². The van der Waals surface area contributed by atoms with E-state index in [1.807, 2.05) is 68.4 Å². The maximum absolute atomic E-state index is 12.6. The number of hydrogen-bond donors (Lipinski definition) is 1. The molecule has 4 unspecified atom stereocenters. The van der Waals surface area contributed by atoms with Crippen LogP contribution in [-0.2, 0) is 19.1 Å². The summed E-state index contributed by atoms with van der Waals surface area (Å²) in [5.74, 6) is -0.682. The van der Waals surface area contributed by atoms with Crippen LogP contribution in [-0.4, -0.2) is 38.3 Å². The Bertz CT molecular complexity index is 837. The van der Waals surface area contributed by atoms with Crippen LogP contribution in [0.2, 0.25) is 0 Å². The average Bonchev–Trinajstić information content (AvgIpc) is 2.82. The molecule has 0 aliphatic carbocycles. The number of rotatable bonds is 12. The van der Waals surface area contributed by atoms with Gasteiger partial charge in [0, 0.05) is 11.7 Å². The van der Waals surface area contributed by atoms with Crippen molar-refractivity contribution in [2.45, 2.75) is 46.1 Å². The number of nitrogens with one attached hydrogen (secondary N) is 1. The fourth-order valence-electron chi connectivity index (χ4n) is 3.77. The van der Waals surface area contributed by atoms with Crippen molar-refractivity contribution in [1.82, 2.24) is 0 Å². The second kappa shape index (κ2) is 12.7. The van der Waals surface area contributed by atoms with Crippen LogP contribution in [0.3, 0.4) is 0 Å². The van der Waals surface area contributed by atoms with E-state index in [4.69, 9.17) is 14.2 Å². The Balaban J connectivity index is 2.36. The van der Waals surface area contributed by atoms with Crippen molar-refractivity contribution in [2.24, 2.45) is 11.8 Å². The molecule has 6 nitrogen and oxygen atoms in total. The first-order valence-corrected chi connectivity index (χ1v) is 11.2. The molecule has 0 amide bonds. The largest absolute Gasteiger partial charge is 0.497 e. The summed E-state index contributed by atoms with van der Waals surface area (Å²) in [6.45, 7) is 7.99. The maximum Gasteiger partial charge on any atom is 0.310 e. The normalized spacial score (nSPS) is 14.5. The number of benzene rings is 2. The lowest BCUT2D eigenvalue weighted by molar-refractivity contribution is -0.148. The Morgan fingerprint density at radius 1 is 0.844 bits per heavy atom. The van der Waals surface area contributed by atoms with E-state index >= 15 is 0 Å². The SMILES string of the molecule is CCOC(=O)C(C)C(CC(c1ccccc1)C(C)C(=O)OCC)Nc1ccc(OC)cc1. The van der Waals surface area contributed by atoms with Gasteiger partial charge < -0.3 is 19.5 Å². The molecule has 174 valence electrons. The van der Waals surface area contributed by atoms with Crippen molar-refractivity contribution in [1.29, 1.82) is 0 Å². The molecule has 0 heterocycles. The second-order valence-corrected chi connectivity index (χ2v) is 7.81. The summed E-state index contributed by atoms with van der Waals surface area (Å²) < 4.78 is 15.9. The standard InChI is InChI=1S/C26H35NO5/c1-6-31-25(28)18(3)23(20-11-9-8-10-12-20)17-24(19(4)26(29)32-7-2)27-21-13-15-22(30-5)16-14-21/h8-16,18-19,23-24,27H,6-7,17H2,1-5H3. The number of esters is 2. The molecule has 0 saturated heterocycles. The smallest absolute Gasteiger partial charge is 0.310 e. The molecule has 0 radical (unpaired) electrons. The number of methoxy groups -OCH3 is 1. The summed E-state index contributed by atoms with van der Waals surface area (Å²) >= 11 is 0. The van der Waals surface area contributed by atoms with Gasteiger partial charge in [0.15, 0.2) is 0 Å². The Morgan fingerprint density at radius 3 is 1.94 bits per heavy atom. The summed E-state index contributed by atoms with van der Waals surface area (Å²) in [7, 11) is 1.62. The minimum Gasteiger partial charge on any atom is -0.497 e. The third-order valence-electron chi connectivity index (χ3n) is 5.70. The van der Waals surface area contributed by atoms with E-state index < -0.39 is 5.92 Å². The predicted molar refractivity (Wildman–Crippen MR) is 126 cm³/mol. The second-order valence-electron chi connectivity index (χ2n) is 7.81. The van der Waals surface area contributed by atoms with Crippen molar-refractivity contribution in [3.63, 3.8) is 0 Å². The van der Waals surface area contributed by atoms with Crippen LogP contribution in [0.1, 0.15) is 45.6 Å². The minimum atomic E-state index is -0.419. The van der Waals surface area contributed by atoms with Gasteiger partial charge in [0.2, 0.25) is 0 Å². The fourth-order valence-corrected chi connectivity index (χ4v) is 3.77. The third-order valence-corrected chi connectivity index (χ3v) is 5.70. The fraction of sp³-hybridized carbons (Fsp3) is 0.462. The first-order valence-electron chi connectivity index (χ1n) is 11.2. The van der Waals surface area contributed by atoms with Crippen LogP contribution in [0.4, 0.5) is 5.69 Å². The zero-order chi connectivity index (χ0) is 23.5. The molecule has 0 aromatic heterocycles. The molecular formula is C26H35NO5. The quantitative estimate of drug-likeness (QED) is 0.465. The highest BCUT2D eigenvalue weighted by molar-refractivity contribution is 5.74. The number of carbonyl (C=O) groups excluding carboxylic acids is 2. The van der Waals surface area contributed by atoms with Crippen molar-refractivity contribution in [3.05, 3.63) is 60.2 Å². The zero-order valence-corrected chi connectivity index (χ0v) is 19.7. The number of anilines is 1. The van der Waals surface area contributed by atoms with Crippen LogP contribution in [0.25, 0.3) is 0 Å². The van der Waals surface area contributed by atoms with Crippen LogP contribution in [0, 0.1) is 11.8 Å². The number of ether oxygens (including phenoxy) is 3. The molecule has 0 aliphatic heterocycles. The number of hydrogen-bond acceptors (Lipinski definition) is 6. The highest BCUT2D eigenvalue weighted by Gasteiger charge is 2.33. The molecule has 2 aromatic rings. The summed E-state index contributed by atoms with van der Waals surface area (Å²) in [5, 5.41) is 3.49. The lowest BCUT2D eigenvalue weighted by Crippen LogP contribution is -2.37. The first kappa shape index (κ1) is 25.2. The lowest BCUT2D eigenvalue weighted by Gasteiger charge is -2.31. The molecule has 6 heteroatoms. The van der Waals surface area contributed by atoms with Gasteiger partial charge in [-0.15, -0.1) is 0 Å². The predicted octanol–water partition coefficient (Wildman–Crippen LogP) is 5.05. The Labute approximate surface area is 191 Å². The summed E-state index contributed by atoms with van der Waals surface area (Å²) in [4.78, 5) is 25.3. The third kappa shape index (κ3) is 7.01. The van der Waals surface area contributed by atoms with Gasteiger partial charge in [0.05, 0.1) is 32.2 Å². The number of carbonyl (C=O) groups is 2. The van der Waals surface area contributed by atoms with Gasteiger partial charge in [-0.25, -0.2) is 0 Å². The van der Waals surface area contributed by atoms with Gasteiger partial charge >= 0.3 is 11.9 Å². The molecule has 0 spiro atoms. The van der Waals surface area contributed by atoms with Gasteiger partial charge in [-0.3, -0.25) is 9.59 Å². The van der Waals surface area contributed by atoms with Crippen molar-refractivity contribution in [2.75, 3.05) is 25.6 Å². The van der Waals surface area contributed by atoms with E-state index in [-0.39, 0.29) is 29.8 Å². The van der Waals surface area contributed by atoms with E-state index in [0.717, 1.165) is 17.0 Å². The highest BCUT2D eigenvalue weighted by atomic mass is 16.5. The molecule has 0 aliphatic rings. The highest BCUT2D eigenvalue weighted by Crippen LogP contribution is 2.33. The molecular weight excluding hydrogens is 406 g/mol. The molecule has 0 fully saturated rings. The van der Waals surface area contributed by atoms with Crippen molar-refractivity contribution >= 4 is 17.6 Å². The first-order chi connectivity index (χ1) is 15.4. The van der Waals surface area contributed by atoms with Gasteiger partial charge in [-0.05, 0) is 62.9 Å². The van der Waals surface area contributed by atoms with E-state index in [2.05, 4.69) is 5.32 Å². The zero-order valence-electron chi connectivity index (χ0n) is 19.7. The van der Waals surface area contributed by atoms with Crippen LogP contribution in [0.15, 0.2) is 54.6 Å². The van der Waals surface area contributed by atoms with Crippen LogP contribution < -0.4 is 10.1 Å². The Hall–Kier alpha value is -3.02. The molecule has 1 N–H and O–H groups in total. The van der Waals surface area contributed by atoms with E-state index in [1.54, 1.807) is 21.0 Å². The maximum atomic E-state index is 12.6. The van der Waals surface area contributed by atoms with E-state index in [1.165, 1.54) is 0 Å². The van der Waals surface area contributed by atoms with Crippen molar-refractivity contribution < 1.29 is 23.8 Å². The summed E-state index contributed by atoms with van der Waals surface area (Å²) in [6, 6.07) is 17.2. The van der Waals surface area contributed by atoms with Crippen LogP contribution in [0.5, 0.6) is 5.75 Å². The van der Waals surface area contributed by atoms with Gasteiger partial charge in [0.25, 0.3) is 0 Å². The Kier molecular flexibility index (Phi) is 10.1. The van der Waals surface area contributed by atoms with E-state index in [0.29, 0.717) is 19.6 Å². The molecule has 2 aromatic carbocycles. The molecule has 2 rings (SSSR count). The minimum absolute atomic E-state index is 0.136. The average molecular weight is 442 g/mol. The van der Waals surface area contributed by atoms with Gasteiger partial charge in [0.1, 0.15) is 5.75 Å².